The Labute approximate surface area is 157 Å². The quantitative estimate of drug-likeness (QED) is 0.660. The van der Waals surface area contributed by atoms with Crippen molar-refractivity contribution >= 4 is 23.4 Å². The van der Waals surface area contributed by atoms with Crippen molar-refractivity contribution in [2.24, 2.45) is 0 Å². The minimum absolute atomic E-state index is 0.0538. The van der Waals surface area contributed by atoms with Gasteiger partial charge >= 0.3 is 0 Å². The molecule has 1 heterocycles. The fourth-order valence-corrected chi connectivity index (χ4v) is 3.47. The molecule has 2 aromatic carbocycles. The van der Waals surface area contributed by atoms with E-state index in [0.29, 0.717) is 5.75 Å². The molecule has 0 saturated heterocycles. The zero-order valence-corrected chi connectivity index (χ0v) is 16.0. The highest BCUT2D eigenvalue weighted by molar-refractivity contribution is 7.99. The third-order valence-corrected chi connectivity index (χ3v) is 5.05. The lowest BCUT2D eigenvalue weighted by molar-refractivity contribution is -0.113. The Balaban J connectivity index is 1.69. The van der Waals surface area contributed by atoms with Gasteiger partial charge in [-0.25, -0.2) is 0 Å². The summed E-state index contributed by atoms with van der Waals surface area (Å²) in [5, 5.41) is 12.3. The van der Waals surface area contributed by atoms with E-state index < -0.39 is 0 Å². The first-order chi connectivity index (χ1) is 12.6. The average Bonchev–Trinajstić information content (AvgIpc) is 3.05. The number of nitrogens with zero attached hydrogens (tertiary/aromatic N) is 3. The summed E-state index contributed by atoms with van der Waals surface area (Å²) in [5.41, 5.74) is 4.19. The first-order valence-electron chi connectivity index (χ1n) is 8.57. The summed E-state index contributed by atoms with van der Waals surface area (Å²) in [6.07, 6.45) is 0. The van der Waals surface area contributed by atoms with Crippen LogP contribution in [0.2, 0.25) is 0 Å². The molecule has 0 aliphatic rings. The number of anilines is 1. The van der Waals surface area contributed by atoms with E-state index in [2.05, 4.69) is 35.4 Å². The molecule has 0 aliphatic carbocycles. The molecule has 0 radical (unpaired) electrons. The van der Waals surface area contributed by atoms with Crippen molar-refractivity contribution in [3.8, 4) is 11.4 Å². The van der Waals surface area contributed by atoms with Gasteiger partial charge in [0.1, 0.15) is 0 Å². The highest BCUT2D eigenvalue weighted by Crippen LogP contribution is 2.26. The molecular formula is C20H22N4OS. The molecule has 3 aromatic rings. The van der Waals surface area contributed by atoms with E-state index in [4.69, 9.17) is 0 Å². The molecule has 1 aromatic heterocycles. The lowest BCUT2D eigenvalue weighted by Gasteiger charge is -2.09. The van der Waals surface area contributed by atoms with Gasteiger partial charge in [-0.05, 0) is 38.5 Å². The standard InChI is InChI=1S/C20H22N4OS/c1-4-24-19(17-8-6-5-7-15(17)3)22-23-20(24)26-13-18(25)21-16-11-9-14(2)10-12-16/h5-12H,4,13H2,1-3H3,(H,21,25). The minimum Gasteiger partial charge on any atom is -0.325 e. The highest BCUT2D eigenvalue weighted by atomic mass is 32.2. The Morgan fingerprint density at radius 3 is 2.50 bits per heavy atom. The van der Waals surface area contributed by atoms with Gasteiger partial charge in [0.15, 0.2) is 11.0 Å². The van der Waals surface area contributed by atoms with Crippen LogP contribution >= 0.6 is 11.8 Å². The van der Waals surface area contributed by atoms with E-state index >= 15 is 0 Å². The number of carbonyl (C=O) groups is 1. The molecular weight excluding hydrogens is 344 g/mol. The van der Waals surface area contributed by atoms with Crippen LogP contribution in [0.3, 0.4) is 0 Å². The molecule has 0 bridgehead atoms. The van der Waals surface area contributed by atoms with Crippen molar-refractivity contribution in [2.75, 3.05) is 11.1 Å². The molecule has 5 nitrogen and oxygen atoms in total. The maximum Gasteiger partial charge on any atom is 0.234 e. The molecule has 0 atom stereocenters. The molecule has 0 fully saturated rings. The number of amides is 1. The van der Waals surface area contributed by atoms with Crippen molar-refractivity contribution in [3.63, 3.8) is 0 Å². The maximum atomic E-state index is 12.2. The Bertz CT molecular complexity index is 902. The van der Waals surface area contributed by atoms with Gasteiger partial charge in [0.2, 0.25) is 5.91 Å². The minimum atomic E-state index is -0.0538. The number of hydrogen-bond acceptors (Lipinski definition) is 4. The number of carbonyl (C=O) groups excluding carboxylic acids is 1. The first-order valence-corrected chi connectivity index (χ1v) is 9.55. The molecule has 26 heavy (non-hydrogen) atoms. The topological polar surface area (TPSA) is 59.8 Å². The van der Waals surface area contributed by atoms with Crippen LogP contribution in [0.1, 0.15) is 18.1 Å². The Hall–Kier alpha value is -2.60. The van der Waals surface area contributed by atoms with Gasteiger partial charge in [0.05, 0.1) is 5.75 Å². The zero-order valence-electron chi connectivity index (χ0n) is 15.2. The highest BCUT2D eigenvalue weighted by Gasteiger charge is 2.15. The molecule has 0 aliphatic heterocycles. The summed E-state index contributed by atoms with van der Waals surface area (Å²) in [5.74, 6) is 1.08. The molecule has 6 heteroatoms. The van der Waals surface area contributed by atoms with Gasteiger partial charge in [0, 0.05) is 17.8 Å². The van der Waals surface area contributed by atoms with Crippen LogP contribution in [-0.4, -0.2) is 26.4 Å². The largest absolute Gasteiger partial charge is 0.325 e. The average molecular weight is 366 g/mol. The Kier molecular flexibility index (Phi) is 5.73. The SMILES string of the molecule is CCn1c(SCC(=O)Nc2ccc(C)cc2)nnc1-c1ccccc1C. The van der Waals surface area contributed by atoms with Gasteiger partial charge < -0.3 is 9.88 Å². The second-order valence-electron chi connectivity index (χ2n) is 6.07. The van der Waals surface area contributed by atoms with E-state index in [0.717, 1.165) is 39.9 Å². The summed E-state index contributed by atoms with van der Waals surface area (Å²) in [6.45, 7) is 6.89. The molecule has 0 spiro atoms. The number of aromatic nitrogens is 3. The van der Waals surface area contributed by atoms with Gasteiger partial charge in [-0.3, -0.25) is 4.79 Å². The van der Waals surface area contributed by atoms with Gasteiger partial charge in [-0.15, -0.1) is 10.2 Å². The van der Waals surface area contributed by atoms with E-state index in [1.165, 1.54) is 11.8 Å². The van der Waals surface area contributed by atoms with Crippen LogP contribution < -0.4 is 5.32 Å². The second-order valence-corrected chi connectivity index (χ2v) is 7.01. The number of benzene rings is 2. The smallest absolute Gasteiger partial charge is 0.234 e. The number of hydrogen-bond donors (Lipinski definition) is 1. The zero-order chi connectivity index (χ0) is 18.5. The van der Waals surface area contributed by atoms with Crippen LogP contribution in [-0.2, 0) is 11.3 Å². The number of aryl methyl sites for hydroxylation is 2. The molecule has 0 unspecified atom stereocenters. The van der Waals surface area contributed by atoms with Crippen LogP contribution in [0.25, 0.3) is 11.4 Å². The lowest BCUT2D eigenvalue weighted by atomic mass is 10.1. The van der Waals surface area contributed by atoms with Crippen LogP contribution in [0.5, 0.6) is 0 Å². The normalized spacial score (nSPS) is 10.7. The van der Waals surface area contributed by atoms with Gasteiger partial charge in [0.25, 0.3) is 0 Å². The summed E-state index contributed by atoms with van der Waals surface area (Å²) in [4.78, 5) is 12.2. The summed E-state index contributed by atoms with van der Waals surface area (Å²) < 4.78 is 2.05. The molecule has 1 amide bonds. The van der Waals surface area contributed by atoms with Crippen molar-refractivity contribution in [3.05, 3.63) is 59.7 Å². The van der Waals surface area contributed by atoms with Crippen molar-refractivity contribution in [1.82, 2.24) is 14.8 Å². The van der Waals surface area contributed by atoms with Crippen LogP contribution in [0.15, 0.2) is 53.7 Å². The van der Waals surface area contributed by atoms with E-state index in [1.807, 2.05) is 54.0 Å². The van der Waals surface area contributed by atoms with Gasteiger partial charge in [-0.2, -0.15) is 0 Å². The number of nitrogens with one attached hydrogen (secondary N) is 1. The van der Waals surface area contributed by atoms with E-state index in [9.17, 15) is 4.79 Å². The fourth-order valence-electron chi connectivity index (χ4n) is 2.67. The second kappa shape index (κ2) is 8.19. The lowest BCUT2D eigenvalue weighted by Crippen LogP contribution is -2.14. The predicted molar refractivity (Wildman–Crippen MR) is 106 cm³/mol. The Morgan fingerprint density at radius 1 is 1.08 bits per heavy atom. The molecule has 134 valence electrons. The van der Waals surface area contributed by atoms with E-state index in [-0.39, 0.29) is 5.91 Å². The van der Waals surface area contributed by atoms with Crippen LogP contribution in [0.4, 0.5) is 5.69 Å². The summed E-state index contributed by atoms with van der Waals surface area (Å²) >= 11 is 1.40. The predicted octanol–water partition coefficient (Wildman–Crippen LogP) is 4.31. The molecule has 0 saturated carbocycles. The van der Waals surface area contributed by atoms with Crippen molar-refractivity contribution < 1.29 is 4.79 Å². The third kappa shape index (κ3) is 4.14. The molecule has 1 N–H and O–H groups in total. The van der Waals surface area contributed by atoms with E-state index in [1.54, 1.807) is 0 Å². The maximum absolute atomic E-state index is 12.2. The summed E-state index contributed by atoms with van der Waals surface area (Å²) in [7, 11) is 0. The third-order valence-electron chi connectivity index (χ3n) is 4.09. The fraction of sp³-hybridized carbons (Fsp3) is 0.250. The monoisotopic (exact) mass is 366 g/mol. The van der Waals surface area contributed by atoms with Gasteiger partial charge in [-0.1, -0.05) is 53.7 Å². The Morgan fingerprint density at radius 2 is 1.81 bits per heavy atom. The summed E-state index contributed by atoms with van der Waals surface area (Å²) in [6, 6.07) is 15.9. The number of rotatable bonds is 6. The van der Waals surface area contributed by atoms with Crippen molar-refractivity contribution in [2.45, 2.75) is 32.5 Å². The van der Waals surface area contributed by atoms with Crippen molar-refractivity contribution in [1.29, 1.82) is 0 Å². The number of thioether (sulfide) groups is 1. The first kappa shape index (κ1) is 18.2. The molecule has 3 rings (SSSR count). The van der Waals surface area contributed by atoms with Crippen LogP contribution in [0, 0.1) is 13.8 Å².